The molecule has 2 atom stereocenters. The lowest BCUT2D eigenvalue weighted by Gasteiger charge is -2.24. The molecule has 0 aliphatic rings. The largest absolute Gasteiger partial charge is 0.479 e. The summed E-state index contributed by atoms with van der Waals surface area (Å²) < 4.78 is 0. The lowest BCUT2D eigenvalue weighted by molar-refractivity contribution is -0.145. The molecule has 0 aromatic heterocycles. The standard InChI is InChI=1S/C12H16N4O4/c1-7(2)11(5-13,9(17)18)15-16-12(6-14,8(3)4)10(19)20/h7-8H,1-4H3,(H,17,18)(H,19,20)/b16-15+. The summed E-state index contributed by atoms with van der Waals surface area (Å²) in [7, 11) is 0. The molecule has 2 unspecified atom stereocenters. The van der Waals surface area contributed by atoms with Gasteiger partial charge in [-0.25, -0.2) is 9.59 Å². The third-order valence-electron chi connectivity index (χ3n) is 3.03. The fourth-order valence-electron chi connectivity index (χ4n) is 1.37. The molecule has 20 heavy (non-hydrogen) atoms. The number of hydrogen-bond donors (Lipinski definition) is 2. The van der Waals surface area contributed by atoms with E-state index in [4.69, 9.17) is 20.7 Å². The van der Waals surface area contributed by atoms with Crippen LogP contribution in [-0.2, 0) is 9.59 Å². The minimum Gasteiger partial charge on any atom is -0.479 e. The van der Waals surface area contributed by atoms with Crippen LogP contribution in [0.1, 0.15) is 27.7 Å². The zero-order valence-electron chi connectivity index (χ0n) is 11.7. The lowest BCUT2D eigenvalue weighted by atomic mass is 9.87. The smallest absolute Gasteiger partial charge is 0.348 e. The molecule has 0 saturated carbocycles. The number of carbonyl (C=O) groups is 2. The highest BCUT2D eigenvalue weighted by Gasteiger charge is 2.47. The second kappa shape index (κ2) is 6.11. The average Bonchev–Trinajstić information content (AvgIpc) is 2.33. The topological polar surface area (TPSA) is 147 Å². The van der Waals surface area contributed by atoms with Gasteiger partial charge in [0.25, 0.3) is 11.1 Å². The van der Waals surface area contributed by atoms with Crippen molar-refractivity contribution in [1.82, 2.24) is 0 Å². The van der Waals surface area contributed by atoms with Gasteiger partial charge in [0.1, 0.15) is 12.1 Å². The highest BCUT2D eigenvalue weighted by Crippen LogP contribution is 2.28. The molecule has 8 heteroatoms. The van der Waals surface area contributed by atoms with E-state index in [1.54, 1.807) is 0 Å². The Bertz CT molecular complexity index is 469. The van der Waals surface area contributed by atoms with Crippen LogP contribution >= 0.6 is 0 Å². The van der Waals surface area contributed by atoms with Crippen molar-refractivity contribution in [2.24, 2.45) is 22.1 Å². The first-order valence-electron chi connectivity index (χ1n) is 5.84. The van der Waals surface area contributed by atoms with Crippen LogP contribution in [0.15, 0.2) is 10.2 Å². The SMILES string of the molecule is CC(C)C(C#N)(/N=N/C(C#N)(C(=O)O)C(C)C)C(=O)O. The zero-order chi connectivity index (χ0) is 16.1. The minimum atomic E-state index is -2.22. The second-order valence-corrected chi connectivity index (χ2v) is 4.88. The molecular weight excluding hydrogens is 264 g/mol. The van der Waals surface area contributed by atoms with E-state index in [1.165, 1.54) is 39.8 Å². The van der Waals surface area contributed by atoms with Crippen LogP contribution in [0.25, 0.3) is 0 Å². The van der Waals surface area contributed by atoms with Crippen molar-refractivity contribution in [3.05, 3.63) is 0 Å². The zero-order valence-corrected chi connectivity index (χ0v) is 11.7. The first-order chi connectivity index (χ1) is 9.10. The maximum absolute atomic E-state index is 11.2. The highest BCUT2D eigenvalue weighted by atomic mass is 16.4. The van der Waals surface area contributed by atoms with Crippen molar-refractivity contribution in [3.63, 3.8) is 0 Å². The molecule has 0 aromatic rings. The number of aliphatic carboxylic acids is 2. The average molecular weight is 280 g/mol. The molecule has 0 aliphatic heterocycles. The first-order valence-corrected chi connectivity index (χ1v) is 5.84. The van der Waals surface area contributed by atoms with Crippen LogP contribution in [-0.4, -0.2) is 33.2 Å². The first kappa shape index (κ1) is 17.5. The Morgan fingerprint density at radius 3 is 1.25 bits per heavy atom. The van der Waals surface area contributed by atoms with E-state index in [9.17, 15) is 9.59 Å². The fraction of sp³-hybridized carbons (Fsp3) is 0.667. The Kier molecular flexibility index (Phi) is 5.35. The number of carboxylic acids is 2. The third-order valence-corrected chi connectivity index (χ3v) is 3.03. The molecular formula is C12H16N4O4. The predicted octanol–water partition coefficient (Wildman–Crippen LogP) is 1.44. The van der Waals surface area contributed by atoms with Gasteiger partial charge >= 0.3 is 11.9 Å². The highest BCUT2D eigenvalue weighted by molar-refractivity contribution is 5.84. The van der Waals surface area contributed by atoms with E-state index in [-0.39, 0.29) is 0 Å². The summed E-state index contributed by atoms with van der Waals surface area (Å²) in [6, 6.07) is 3.05. The van der Waals surface area contributed by atoms with E-state index in [0.29, 0.717) is 0 Å². The number of rotatable bonds is 6. The lowest BCUT2D eigenvalue weighted by Crippen LogP contribution is -2.44. The monoisotopic (exact) mass is 280 g/mol. The number of nitriles is 2. The van der Waals surface area contributed by atoms with Gasteiger partial charge in [0.2, 0.25) is 0 Å². The summed E-state index contributed by atoms with van der Waals surface area (Å²) in [5.74, 6) is -4.57. The summed E-state index contributed by atoms with van der Waals surface area (Å²) in [4.78, 5) is 22.5. The van der Waals surface area contributed by atoms with Crippen LogP contribution < -0.4 is 0 Å². The van der Waals surface area contributed by atoms with Crippen LogP contribution in [0, 0.1) is 34.5 Å². The molecule has 0 radical (unpaired) electrons. The van der Waals surface area contributed by atoms with Crippen molar-refractivity contribution >= 4 is 11.9 Å². The van der Waals surface area contributed by atoms with Gasteiger partial charge < -0.3 is 10.2 Å². The summed E-state index contributed by atoms with van der Waals surface area (Å²) in [6.45, 7) is 5.78. The number of carboxylic acid groups (broad SMARTS) is 2. The maximum Gasteiger partial charge on any atom is 0.348 e. The Morgan fingerprint density at radius 1 is 0.900 bits per heavy atom. The third kappa shape index (κ3) is 2.75. The van der Waals surface area contributed by atoms with Gasteiger partial charge in [-0.15, -0.1) is 0 Å². The van der Waals surface area contributed by atoms with Gasteiger partial charge in [-0.1, -0.05) is 27.7 Å². The molecule has 0 saturated heterocycles. The molecule has 8 nitrogen and oxygen atoms in total. The summed E-state index contributed by atoms with van der Waals surface area (Å²) in [5.41, 5.74) is -4.43. The second-order valence-electron chi connectivity index (χ2n) is 4.88. The van der Waals surface area contributed by atoms with Crippen molar-refractivity contribution < 1.29 is 19.8 Å². The normalized spacial score (nSPS) is 17.2. The van der Waals surface area contributed by atoms with Gasteiger partial charge in [0.05, 0.1) is 0 Å². The minimum absolute atomic E-state index is 0.744. The molecule has 2 N–H and O–H groups in total. The van der Waals surface area contributed by atoms with Crippen LogP contribution in [0.2, 0.25) is 0 Å². The Hall–Kier alpha value is -2.48. The molecule has 0 amide bonds. The van der Waals surface area contributed by atoms with E-state index in [2.05, 4.69) is 10.2 Å². The van der Waals surface area contributed by atoms with Gasteiger partial charge in [-0.2, -0.15) is 20.8 Å². The van der Waals surface area contributed by atoms with E-state index in [1.807, 2.05) is 0 Å². The Balaban J connectivity index is 5.99. The quantitative estimate of drug-likeness (QED) is 0.703. The molecule has 0 heterocycles. The molecule has 0 rings (SSSR count). The molecule has 0 aromatic carbocycles. The summed E-state index contributed by atoms with van der Waals surface area (Å²) >= 11 is 0. The summed E-state index contributed by atoms with van der Waals surface area (Å²) in [5, 5.41) is 43.2. The van der Waals surface area contributed by atoms with Gasteiger partial charge in [0, 0.05) is 11.8 Å². The van der Waals surface area contributed by atoms with E-state index in [0.717, 1.165) is 0 Å². The molecule has 108 valence electrons. The summed E-state index contributed by atoms with van der Waals surface area (Å²) in [6.07, 6.45) is 0. The number of azo groups is 1. The van der Waals surface area contributed by atoms with Crippen molar-refractivity contribution in [2.75, 3.05) is 0 Å². The Morgan fingerprint density at radius 2 is 1.15 bits per heavy atom. The van der Waals surface area contributed by atoms with E-state index < -0.39 is 34.9 Å². The van der Waals surface area contributed by atoms with E-state index >= 15 is 0 Å². The van der Waals surface area contributed by atoms with Crippen LogP contribution in [0.4, 0.5) is 0 Å². The molecule has 0 bridgehead atoms. The number of hydrogen-bond acceptors (Lipinski definition) is 6. The predicted molar refractivity (Wildman–Crippen MR) is 66.5 cm³/mol. The maximum atomic E-state index is 11.2. The molecule has 0 fully saturated rings. The van der Waals surface area contributed by atoms with Gasteiger partial charge in [-0.3, -0.25) is 0 Å². The molecule has 0 spiro atoms. The van der Waals surface area contributed by atoms with Crippen molar-refractivity contribution in [3.8, 4) is 12.1 Å². The number of nitrogens with zero attached hydrogens (tertiary/aromatic N) is 4. The van der Waals surface area contributed by atoms with Crippen LogP contribution in [0.5, 0.6) is 0 Å². The Labute approximate surface area is 116 Å². The van der Waals surface area contributed by atoms with Crippen molar-refractivity contribution in [2.45, 2.75) is 38.8 Å². The van der Waals surface area contributed by atoms with Gasteiger partial charge in [0.15, 0.2) is 0 Å². The van der Waals surface area contributed by atoms with Gasteiger partial charge in [-0.05, 0) is 0 Å². The molecule has 0 aliphatic carbocycles. The van der Waals surface area contributed by atoms with Crippen LogP contribution in [0.3, 0.4) is 0 Å². The van der Waals surface area contributed by atoms with Crippen molar-refractivity contribution in [1.29, 1.82) is 10.5 Å². The fourth-order valence-corrected chi connectivity index (χ4v) is 1.37.